The van der Waals surface area contributed by atoms with E-state index in [-0.39, 0.29) is 0 Å². The Hall–Kier alpha value is -1.74. The molecule has 0 aromatic heterocycles. The van der Waals surface area contributed by atoms with Crippen molar-refractivity contribution >= 4 is 17.7 Å². The standard InChI is InChI=1S/C21H26O2S/c1-2-3-4-5-6-7-10-17-13-15-18(16-14-17)24-20-12-9-8-11-19(20)21(22)23/h8-9,11-16H,2-7,10H2,1H3,(H,22,23). The number of benzene rings is 2. The monoisotopic (exact) mass is 342 g/mol. The third kappa shape index (κ3) is 6.04. The average molecular weight is 343 g/mol. The van der Waals surface area contributed by atoms with Crippen molar-refractivity contribution in [2.24, 2.45) is 0 Å². The molecule has 2 aromatic carbocycles. The molecule has 0 saturated heterocycles. The summed E-state index contributed by atoms with van der Waals surface area (Å²) in [7, 11) is 0. The summed E-state index contributed by atoms with van der Waals surface area (Å²) in [5, 5.41) is 9.25. The molecule has 3 heteroatoms. The molecular formula is C21H26O2S. The normalized spacial score (nSPS) is 10.7. The van der Waals surface area contributed by atoms with E-state index in [0.29, 0.717) is 5.56 Å². The summed E-state index contributed by atoms with van der Waals surface area (Å²) in [6.45, 7) is 2.24. The average Bonchev–Trinajstić information content (AvgIpc) is 2.60. The number of aryl methyl sites for hydroxylation is 1. The summed E-state index contributed by atoms with van der Waals surface area (Å²) in [5.41, 5.74) is 1.72. The summed E-state index contributed by atoms with van der Waals surface area (Å²) in [6.07, 6.45) is 9.03. The van der Waals surface area contributed by atoms with Gasteiger partial charge in [0.05, 0.1) is 5.56 Å². The minimum atomic E-state index is -0.877. The van der Waals surface area contributed by atoms with Gasteiger partial charge in [0.15, 0.2) is 0 Å². The van der Waals surface area contributed by atoms with Crippen molar-refractivity contribution in [2.75, 3.05) is 0 Å². The van der Waals surface area contributed by atoms with E-state index in [4.69, 9.17) is 0 Å². The first-order valence-corrected chi connectivity index (χ1v) is 9.61. The number of aromatic carboxylic acids is 1. The third-order valence-electron chi connectivity index (χ3n) is 4.09. The minimum Gasteiger partial charge on any atom is -0.478 e. The number of unbranched alkanes of at least 4 members (excludes halogenated alkanes) is 5. The van der Waals surface area contributed by atoms with E-state index in [1.807, 2.05) is 12.1 Å². The molecule has 0 aliphatic rings. The van der Waals surface area contributed by atoms with Gasteiger partial charge in [-0.2, -0.15) is 0 Å². The lowest BCUT2D eigenvalue weighted by Gasteiger charge is -2.07. The van der Waals surface area contributed by atoms with Crippen molar-refractivity contribution in [2.45, 2.75) is 61.7 Å². The van der Waals surface area contributed by atoms with Crippen molar-refractivity contribution in [3.63, 3.8) is 0 Å². The van der Waals surface area contributed by atoms with E-state index in [9.17, 15) is 9.90 Å². The molecule has 1 N–H and O–H groups in total. The Morgan fingerprint density at radius 1 is 0.917 bits per heavy atom. The summed E-state index contributed by atoms with van der Waals surface area (Å²) in [4.78, 5) is 13.1. The van der Waals surface area contributed by atoms with Crippen LogP contribution in [0.1, 0.15) is 61.4 Å². The van der Waals surface area contributed by atoms with E-state index >= 15 is 0 Å². The number of carbonyl (C=O) groups is 1. The quantitative estimate of drug-likeness (QED) is 0.505. The number of carboxylic acids is 1. The molecule has 128 valence electrons. The van der Waals surface area contributed by atoms with Gasteiger partial charge in [0.1, 0.15) is 0 Å². The van der Waals surface area contributed by atoms with E-state index in [0.717, 1.165) is 16.2 Å². The van der Waals surface area contributed by atoms with Crippen molar-refractivity contribution in [1.82, 2.24) is 0 Å². The van der Waals surface area contributed by atoms with Crippen LogP contribution in [0.15, 0.2) is 58.3 Å². The van der Waals surface area contributed by atoms with Crippen LogP contribution in [0.3, 0.4) is 0 Å². The van der Waals surface area contributed by atoms with Crippen LogP contribution in [0, 0.1) is 0 Å². The largest absolute Gasteiger partial charge is 0.478 e. The van der Waals surface area contributed by atoms with Gasteiger partial charge in [-0.1, -0.05) is 75.1 Å². The van der Waals surface area contributed by atoms with Gasteiger partial charge in [-0.3, -0.25) is 0 Å². The number of hydrogen-bond donors (Lipinski definition) is 1. The fourth-order valence-electron chi connectivity index (χ4n) is 2.69. The molecule has 0 aliphatic carbocycles. The van der Waals surface area contributed by atoms with Crippen LogP contribution in [0.4, 0.5) is 0 Å². The van der Waals surface area contributed by atoms with Crippen LogP contribution in [0.2, 0.25) is 0 Å². The fraction of sp³-hybridized carbons (Fsp3) is 0.381. The maximum absolute atomic E-state index is 11.3. The van der Waals surface area contributed by atoms with Crippen LogP contribution in [-0.4, -0.2) is 11.1 Å². The Bertz CT molecular complexity index is 635. The number of carboxylic acid groups (broad SMARTS) is 1. The molecule has 0 heterocycles. The van der Waals surface area contributed by atoms with E-state index in [1.165, 1.54) is 55.9 Å². The highest BCUT2D eigenvalue weighted by Crippen LogP contribution is 2.30. The molecule has 2 nitrogen and oxygen atoms in total. The lowest BCUT2D eigenvalue weighted by Crippen LogP contribution is -1.97. The van der Waals surface area contributed by atoms with Crippen molar-refractivity contribution in [3.05, 3.63) is 59.7 Å². The Morgan fingerprint density at radius 3 is 2.29 bits per heavy atom. The highest BCUT2D eigenvalue weighted by molar-refractivity contribution is 7.99. The van der Waals surface area contributed by atoms with Crippen LogP contribution in [0.5, 0.6) is 0 Å². The van der Waals surface area contributed by atoms with Gasteiger partial charge < -0.3 is 5.11 Å². The van der Waals surface area contributed by atoms with Crippen molar-refractivity contribution in [3.8, 4) is 0 Å². The summed E-state index contributed by atoms with van der Waals surface area (Å²) < 4.78 is 0. The second-order valence-corrected chi connectivity index (χ2v) is 7.18. The number of rotatable bonds is 10. The molecule has 0 saturated carbocycles. The van der Waals surface area contributed by atoms with Crippen LogP contribution < -0.4 is 0 Å². The van der Waals surface area contributed by atoms with Gasteiger partial charge in [-0.25, -0.2) is 4.79 Å². The van der Waals surface area contributed by atoms with Gasteiger partial charge in [0.25, 0.3) is 0 Å². The zero-order valence-corrected chi connectivity index (χ0v) is 15.1. The molecule has 0 amide bonds. The van der Waals surface area contributed by atoms with Gasteiger partial charge in [-0.15, -0.1) is 0 Å². The molecular weight excluding hydrogens is 316 g/mol. The maximum atomic E-state index is 11.3. The molecule has 0 fully saturated rings. The van der Waals surface area contributed by atoms with Crippen LogP contribution in [0.25, 0.3) is 0 Å². The van der Waals surface area contributed by atoms with E-state index < -0.39 is 5.97 Å². The highest BCUT2D eigenvalue weighted by atomic mass is 32.2. The lowest BCUT2D eigenvalue weighted by atomic mass is 10.1. The zero-order valence-electron chi connectivity index (χ0n) is 14.3. The minimum absolute atomic E-state index is 0.360. The Labute approximate surface area is 149 Å². The molecule has 0 radical (unpaired) electrons. The molecule has 0 spiro atoms. The number of hydrogen-bond acceptors (Lipinski definition) is 2. The lowest BCUT2D eigenvalue weighted by molar-refractivity contribution is 0.0693. The van der Waals surface area contributed by atoms with Gasteiger partial charge in [-0.05, 0) is 42.7 Å². The molecule has 0 aliphatic heterocycles. The van der Waals surface area contributed by atoms with Crippen molar-refractivity contribution < 1.29 is 9.90 Å². The van der Waals surface area contributed by atoms with E-state index in [2.05, 4.69) is 31.2 Å². The summed E-state index contributed by atoms with van der Waals surface area (Å²) in [5.74, 6) is -0.877. The van der Waals surface area contributed by atoms with E-state index in [1.54, 1.807) is 12.1 Å². The third-order valence-corrected chi connectivity index (χ3v) is 5.17. The SMILES string of the molecule is CCCCCCCCc1ccc(Sc2ccccc2C(=O)O)cc1. The Balaban J connectivity index is 1.85. The molecule has 2 aromatic rings. The summed E-state index contributed by atoms with van der Waals surface area (Å²) in [6, 6.07) is 15.7. The zero-order chi connectivity index (χ0) is 17.2. The van der Waals surface area contributed by atoms with Gasteiger partial charge >= 0.3 is 5.97 Å². The second-order valence-electron chi connectivity index (χ2n) is 6.07. The van der Waals surface area contributed by atoms with Crippen LogP contribution >= 0.6 is 11.8 Å². The van der Waals surface area contributed by atoms with Crippen molar-refractivity contribution in [1.29, 1.82) is 0 Å². The topological polar surface area (TPSA) is 37.3 Å². The summed E-state index contributed by atoms with van der Waals surface area (Å²) >= 11 is 1.51. The predicted molar refractivity (Wildman–Crippen MR) is 101 cm³/mol. The Kier molecular flexibility index (Phi) is 7.90. The predicted octanol–water partition coefficient (Wildman–Crippen LogP) is 6.44. The van der Waals surface area contributed by atoms with Gasteiger partial charge in [0.2, 0.25) is 0 Å². The molecule has 24 heavy (non-hydrogen) atoms. The first-order valence-electron chi connectivity index (χ1n) is 8.80. The maximum Gasteiger partial charge on any atom is 0.336 e. The molecule has 0 unspecified atom stereocenters. The van der Waals surface area contributed by atoms with Crippen LogP contribution in [-0.2, 0) is 6.42 Å². The molecule has 2 rings (SSSR count). The first-order chi connectivity index (χ1) is 11.7. The second kappa shape index (κ2) is 10.2. The highest BCUT2D eigenvalue weighted by Gasteiger charge is 2.10. The van der Waals surface area contributed by atoms with Gasteiger partial charge in [0, 0.05) is 9.79 Å². The Morgan fingerprint density at radius 2 is 1.58 bits per heavy atom. The molecule has 0 atom stereocenters. The fourth-order valence-corrected chi connectivity index (χ4v) is 3.63. The smallest absolute Gasteiger partial charge is 0.336 e. The first kappa shape index (κ1) is 18.6. The molecule has 0 bridgehead atoms.